The van der Waals surface area contributed by atoms with Gasteiger partial charge in [0.1, 0.15) is 5.75 Å². The van der Waals surface area contributed by atoms with Crippen molar-refractivity contribution < 1.29 is 9.53 Å². The maximum atomic E-state index is 12.9. The summed E-state index contributed by atoms with van der Waals surface area (Å²) in [6.45, 7) is 4.01. The number of hydrogen-bond donors (Lipinski definition) is 0. The standard InChI is InChI=1S/C25H31N3O3/c1-31-21-7-4-6-18(12-21)13-23-20-14-19(22-8-5-9-24(29)28(22)23)15-26(16-20)17-25(30)27-10-2-3-11-27/h4-9,12,19-20,23H,2-3,10-11,13-17H2,1H3/t19-,20+,23+/m1/s1. The van der Waals surface area contributed by atoms with Crippen molar-refractivity contribution >= 4 is 5.91 Å². The smallest absolute Gasteiger partial charge is 0.251 e. The van der Waals surface area contributed by atoms with Gasteiger partial charge in [-0.3, -0.25) is 14.5 Å². The van der Waals surface area contributed by atoms with E-state index in [0.29, 0.717) is 18.4 Å². The van der Waals surface area contributed by atoms with Crippen molar-refractivity contribution in [3.63, 3.8) is 0 Å². The highest BCUT2D eigenvalue weighted by atomic mass is 16.5. The maximum Gasteiger partial charge on any atom is 0.251 e. The van der Waals surface area contributed by atoms with E-state index in [0.717, 1.165) is 63.3 Å². The van der Waals surface area contributed by atoms with Gasteiger partial charge in [-0.05, 0) is 55.4 Å². The average molecular weight is 422 g/mol. The summed E-state index contributed by atoms with van der Waals surface area (Å²) in [5.74, 6) is 1.75. The fourth-order valence-corrected chi connectivity index (χ4v) is 5.83. The van der Waals surface area contributed by atoms with Crippen LogP contribution in [0.15, 0.2) is 47.3 Å². The van der Waals surface area contributed by atoms with E-state index >= 15 is 0 Å². The Kier molecular flexibility index (Phi) is 5.57. The normalized spacial score (nSPS) is 25.3. The molecule has 1 aromatic heterocycles. The molecular weight excluding hydrogens is 390 g/mol. The molecule has 0 unspecified atom stereocenters. The van der Waals surface area contributed by atoms with Crippen LogP contribution in [-0.4, -0.2) is 60.1 Å². The van der Waals surface area contributed by atoms with Gasteiger partial charge in [-0.15, -0.1) is 0 Å². The first-order chi connectivity index (χ1) is 15.1. The van der Waals surface area contributed by atoms with Crippen LogP contribution in [0, 0.1) is 5.92 Å². The number of benzene rings is 1. The number of hydrogen-bond acceptors (Lipinski definition) is 4. The van der Waals surface area contributed by atoms with Gasteiger partial charge in [0.2, 0.25) is 5.91 Å². The van der Waals surface area contributed by atoms with Crippen LogP contribution < -0.4 is 10.3 Å². The molecule has 3 aliphatic heterocycles. The van der Waals surface area contributed by atoms with E-state index in [1.165, 1.54) is 5.56 Å². The number of piperidine rings is 1. The summed E-state index contributed by atoms with van der Waals surface area (Å²) in [7, 11) is 1.68. The number of nitrogens with zero attached hydrogens (tertiary/aromatic N) is 3. The summed E-state index contributed by atoms with van der Waals surface area (Å²) < 4.78 is 7.45. The van der Waals surface area contributed by atoms with Crippen molar-refractivity contribution in [3.8, 4) is 5.75 Å². The Balaban J connectivity index is 1.42. The first-order valence-corrected chi connectivity index (χ1v) is 11.5. The summed E-state index contributed by atoms with van der Waals surface area (Å²) in [4.78, 5) is 30.0. The zero-order valence-electron chi connectivity index (χ0n) is 18.2. The van der Waals surface area contributed by atoms with Crippen molar-refractivity contribution in [1.82, 2.24) is 14.4 Å². The van der Waals surface area contributed by atoms with E-state index in [2.05, 4.69) is 23.1 Å². The largest absolute Gasteiger partial charge is 0.497 e. The molecule has 0 aliphatic carbocycles. The number of methoxy groups -OCH3 is 1. The lowest BCUT2D eigenvalue weighted by molar-refractivity contribution is -0.132. The molecule has 0 radical (unpaired) electrons. The van der Waals surface area contributed by atoms with Crippen molar-refractivity contribution in [3.05, 3.63) is 64.1 Å². The van der Waals surface area contributed by atoms with E-state index in [4.69, 9.17) is 4.74 Å². The van der Waals surface area contributed by atoms with E-state index in [1.807, 2.05) is 27.7 Å². The van der Waals surface area contributed by atoms with Gasteiger partial charge in [-0.25, -0.2) is 0 Å². The molecule has 6 heteroatoms. The minimum atomic E-state index is 0.0849. The topological polar surface area (TPSA) is 54.8 Å². The molecule has 164 valence electrons. The fraction of sp³-hybridized carbons (Fsp3) is 0.520. The van der Waals surface area contributed by atoms with Gasteiger partial charge < -0.3 is 14.2 Å². The summed E-state index contributed by atoms with van der Waals surface area (Å²) in [6, 6.07) is 13.9. The third kappa shape index (κ3) is 4.01. The van der Waals surface area contributed by atoms with Gasteiger partial charge in [0.25, 0.3) is 5.56 Å². The Hall–Kier alpha value is -2.60. The molecule has 4 heterocycles. The zero-order valence-corrected chi connectivity index (χ0v) is 18.2. The quantitative estimate of drug-likeness (QED) is 0.745. The van der Waals surface area contributed by atoms with Crippen molar-refractivity contribution in [2.75, 3.05) is 39.8 Å². The van der Waals surface area contributed by atoms with E-state index < -0.39 is 0 Å². The third-order valence-corrected chi connectivity index (χ3v) is 7.27. The predicted molar refractivity (Wildman–Crippen MR) is 120 cm³/mol. The number of pyridine rings is 1. The number of rotatable bonds is 5. The van der Waals surface area contributed by atoms with E-state index in [9.17, 15) is 9.59 Å². The van der Waals surface area contributed by atoms with Crippen LogP contribution >= 0.6 is 0 Å². The Morgan fingerprint density at radius 2 is 1.90 bits per heavy atom. The lowest BCUT2D eigenvalue weighted by Crippen LogP contribution is -2.52. The first kappa shape index (κ1) is 20.3. The van der Waals surface area contributed by atoms with Gasteiger partial charge in [0, 0.05) is 49.9 Å². The number of ether oxygens (including phenoxy) is 1. The maximum absolute atomic E-state index is 12.9. The molecule has 3 atom stereocenters. The fourth-order valence-electron chi connectivity index (χ4n) is 5.83. The van der Waals surface area contributed by atoms with Gasteiger partial charge in [-0.2, -0.15) is 0 Å². The summed E-state index contributed by atoms with van der Waals surface area (Å²) >= 11 is 0. The monoisotopic (exact) mass is 421 g/mol. The Morgan fingerprint density at radius 1 is 1.10 bits per heavy atom. The van der Waals surface area contributed by atoms with Crippen LogP contribution in [0.5, 0.6) is 5.75 Å². The molecule has 0 spiro atoms. The number of aromatic nitrogens is 1. The van der Waals surface area contributed by atoms with Crippen molar-refractivity contribution in [2.45, 2.75) is 37.6 Å². The zero-order chi connectivity index (χ0) is 21.4. The Morgan fingerprint density at radius 3 is 2.71 bits per heavy atom. The van der Waals surface area contributed by atoms with Gasteiger partial charge in [0.05, 0.1) is 13.7 Å². The van der Waals surface area contributed by atoms with Crippen LogP contribution in [-0.2, 0) is 11.2 Å². The molecule has 2 fully saturated rings. The highest BCUT2D eigenvalue weighted by molar-refractivity contribution is 5.78. The Bertz CT molecular complexity index is 1010. The highest BCUT2D eigenvalue weighted by Gasteiger charge is 2.41. The van der Waals surface area contributed by atoms with Crippen molar-refractivity contribution in [2.24, 2.45) is 5.92 Å². The molecule has 2 saturated heterocycles. The molecule has 0 saturated carbocycles. The van der Waals surface area contributed by atoms with Gasteiger partial charge >= 0.3 is 0 Å². The average Bonchev–Trinajstić information content (AvgIpc) is 3.32. The molecule has 1 aromatic carbocycles. The van der Waals surface area contributed by atoms with Gasteiger partial charge in [0.15, 0.2) is 0 Å². The molecule has 31 heavy (non-hydrogen) atoms. The second kappa shape index (κ2) is 8.50. The lowest BCUT2D eigenvalue weighted by Gasteiger charge is -2.47. The number of carbonyl (C=O) groups is 1. The second-order valence-electron chi connectivity index (χ2n) is 9.26. The minimum Gasteiger partial charge on any atom is -0.497 e. The number of carbonyl (C=O) groups excluding carboxylic acids is 1. The number of fused-ring (bicyclic) bond motifs is 4. The molecular formula is C25H31N3O3. The molecule has 0 N–H and O–H groups in total. The number of likely N-dealkylation sites (tertiary alicyclic amines) is 2. The Labute approximate surface area is 183 Å². The summed E-state index contributed by atoms with van der Waals surface area (Å²) in [5.41, 5.74) is 2.38. The van der Waals surface area contributed by atoms with Gasteiger partial charge in [-0.1, -0.05) is 18.2 Å². The molecule has 5 rings (SSSR count). The highest BCUT2D eigenvalue weighted by Crippen LogP contribution is 2.42. The molecule has 2 aromatic rings. The minimum absolute atomic E-state index is 0.0849. The summed E-state index contributed by atoms with van der Waals surface area (Å²) in [6.07, 6.45) is 4.11. The third-order valence-electron chi connectivity index (χ3n) is 7.27. The van der Waals surface area contributed by atoms with Crippen LogP contribution in [0.3, 0.4) is 0 Å². The SMILES string of the molecule is COc1cccc(C[C@H]2[C@H]3C[C@H](CN(CC(=O)N4CCCC4)C3)c3cccc(=O)n32)c1. The van der Waals surface area contributed by atoms with Crippen LogP contribution in [0.2, 0.25) is 0 Å². The second-order valence-corrected chi connectivity index (χ2v) is 9.26. The van der Waals surface area contributed by atoms with E-state index in [1.54, 1.807) is 13.2 Å². The first-order valence-electron chi connectivity index (χ1n) is 11.5. The lowest BCUT2D eigenvalue weighted by atomic mass is 9.76. The van der Waals surface area contributed by atoms with Crippen molar-refractivity contribution in [1.29, 1.82) is 0 Å². The van der Waals surface area contributed by atoms with Crippen LogP contribution in [0.4, 0.5) is 0 Å². The van der Waals surface area contributed by atoms with E-state index in [-0.39, 0.29) is 17.5 Å². The predicted octanol–water partition coefficient (Wildman–Crippen LogP) is 2.68. The molecule has 2 bridgehead atoms. The summed E-state index contributed by atoms with van der Waals surface area (Å²) in [5, 5.41) is 0. The molecule has 6 nitrogen and oxygen atoms in total. The van der Waals surface area contributed by atoms with Crippen LogP contribution in [0.25, 0.3) is 0 Å². The molecule has 3 aliphatic rings. The molecule has 1 amide bonds. The van der Waals surface area contributed by atoms with Crippen LogP contribution in [0.1, 0.15) is 42.5 Å². The number of amides is 1.